The van der Waals surface area contributed by atoms with Gasteiger partial charge in [0.25, 0.3) is 0 Å². The molecule has 3 heteroatoms. The van der Waals surface area contributed by atoms with E-state index in [9.17, 15) is 4.79 Å². The van der Waals surface area contributed by atoms with Crippen LogP contribution in [0.1, 0.15) is 5.56 Å². The molecule has 0 aromatic heterocycles. The minimum Gasteiger partial charge on any atom is -0.422 e. The van der Waals surface area contributed by atoms with Crippen LogP contribution in [0.25, 0.3) is 6.08 Å². The fourth-order valence-electron chi connectivity index (χ4n) is 1.26. The van der Waals surface area contributed by atoms with E-state index in [2.05, 4.69) is 15.9 Å². The molecule has 0 atom stereocenters. The van der Waals surface area contributed by atoms with E-state index in [4.69, 9.17) is 4.74 Å². The van der Waals surface area contributed by atoms with Gasteiger partial charge in [-0.25, -0.2) is 4.79 Å². The fourth-order valence-corrected chi connectivity index (χ4v) is 1.61. The molecule has 0 fully saturated rings. The van der Waals surface area contributed by atoms with Gasteiger partial charge in [0.1, 0.15) is 5.76 Å². The number of hydrogen-bond donors (Lipinski definition) is 0. The monoisotopic (exact) mass is 276 g/mol. The van der Waals surface area contributed by atoms with Gasteiger partial charge in [0.2, 0.25) is 0 Å². The number of hydrogen-bond acceptors (Lipinski definition) is 2. The summed E-state index contributed by atoms with van der Waals surface area (Å²) in [6.45, 7) is 0. The summed E-state index contributed by atoms with van der Waals surface area (Å²) >= 11 is 3.35. The number of esters is 1. The van der Waals surface area contributed by atoms with Gasteiger partial charge in [-0.05, 0) is 33.6 Å². The van der Waals surface area contributed by atoms with Crippen LogP contribution in [-0.4, -0.2) is 5.97 Å². The van der Waals surface area contributed by atoms with E-state index in [0.29, 0.717) is 5.76 Å². The number of allylic oxidation sites excluding steroid dienone is 3. The third kappa shape index (κ3) is 2.70. The second-order valence-corrected chi connectivity index (χ2v) is 4.06. The third-order valence-electron chi connectivity index (χ3n) is 2.04. The summed E-state index contributed by atoms with van der Waals surface area (Å²) in [5.41, 5.74) is 1.09. The van der Waals surface area contributed by atoms with Crippen molar-refractivity contribution in [2.24, 2.45) is 0 Å². The van der Waals surface area contributed by atoms with Gasteiger partial charge in [-0.2, -0.15) is 0 Å². The zero-order valence-electron chi connectivity index (χ0n) is 8.39. The molecule has 1 aliphatic heterocycles. The highest BCUT2D eigenvalue weighted by atomic mass is 79.9. The maximum absolute atomic E-state index is 10.8. The Hall–Kier alpha value is -1.61. The lowest BCUT2D eigenvalue weighted by Crippen LogP contribution is -1.90. The molecule has 2 rings (SSSR count). The van der Waals surface area contributed by atoms with Crippen LogP contribution in [0.4, 0.5) is 0 Å². The van der Waals surface area contributed by atoms with E-state index < -0.39 is 0 Å². The molecule has 0 unspecified atom stereocenters. The van der Waals surface area contributed by atoms with Crippen LogP contribution in [0.5, 0.6) is 0 Å². The molecule has 0 bridgehead atoms. The van der Waals surface area contributed by atoms with Gasteiger partial charge in [0.15, 0.2) is 0 Å². The quantitative estimate of drug-likeness (QED) is 0.774. The highest BCUT2D eigenvalue weighted by molar-refractivity contribution is 9.11. The molecule has 1 aromatic carbocycles. The first-order valence-corrected chi connectivity index (χ1v) is 5.58. The summed E-state index contributed by atoms with van der Waals surface area (Å²) in [5.74, 6) is 0.206. The third-order valence-corrected chi connectivity index (χ3v) is 2.69. The van der Waals surface area contributed by atoms with E-state index in [1.165, 1.54) is 6.08 Å². The maximum atomic E-state index is 10.8. The smallest absolute Gasteiger partial charge is 0.336 e. The first kappa shape index (κ1) is 10.9. The number of ether oxygens (including phenoxy) is 1. The number of carbonyl (C=O) groups excluding carboxylic acids is 1. The van der Waals surface area contributed by atoms with Crippen molar-refractivity contribution in [2.75, 3.05) is 0 Å². The maximum Gasteiger partial charge on any atom is 0.336 e. The molecule has 0 saturated heterocycles. The largest absolute Gasteiger partial charge is 0.422 e. The molecule has 80 valence electrons. The summed E-state index contributed by atoms with van der Waals surface area (Å²) < 4.78 is 5.69. The van der Waals surface area contributed by atoms with Gasteiger partial charge in [-0.15, -0.1) is 0 Å². The SMILES string of the molecule is O=C1C=C/C(=C(Br)\C=C\c2ccccc2)O1. The molecule has 0 saturated carbocycles. The van der Waals surface area contributed by atoms with E-state index in [0.717, 1.165) is 10.0 Å². The Morgan fingerprint density at radius 3 is 2.56 bits per heavy atom. The number of cyclic esters (lactones) is 1. The zero-order valence-corrected chi connectivity index (χ0v) is 9.98. The fraction of sp³-hybridized carbons (Fsp3) is 0. The molecule has 0 aliphatic carbocycles. The predicted octanol–water partition coefficient (Wildman–Crippen LogP) is 3.42. The minimum atomic E-state index is -0.333. The lowest BCUT2D eigenvalue weighted by molar-refractivity contribution is -0.132. The van der Waals surface area contributed by atoms with Gasteiger partial charge in [-0.3, -0.25) is 0 Å². The van der Waals surface area contributed by atoms with Gasteiger partial charge in [0, 0.05) is 6.08 Å². The lowest BCUT2D eigenvalue weighted by Gasteiger charge is -1.97. The Bertz CT molecular complexity index is 484. The number of carbonyl (C=O) groups is 1. The van der Waals surface area contributed by atoms with E-state index in [1.807, 2.05) is 42.5 Å². The van der Waals surface area contributed by atoms with Crippen LogP contribution < -0.4 is 0 Å². The van der Waals surface area contributed by atoms with Crippen LogP contribution in [0.15, 0.2) is 58.8 Å². The predicted molar refractivity (Wildman–Crippen MR) is 66.7 cm³/mol. The first-order chi connectivity index (χ1) is 7.75. The van der Waals surface area contributed by atoms with E-state index in [-0.39, 0.29) is 5.97 Å². The van der Waals surface area contributed by atoms with Crippen molar-refractivity contribution in [2.45, 2.75) is 0 Å². The van der Waals surface area contributed by atoms with Crippen LogP contribution in [0.3, 0.4) is 0 Å². The summed E-state index contributed by atoms with van der Waals surface area (Å²) in [6.07, 6.45) is 6.83. The number of benzene rings is 1. The van der Waals surface area contributed by atoms with Crippen molar-refractivity contribution < 1.29 is 9.53 Å². The normalized spacial score (nSPS) is 17.9. The molecule has 16 heavy (non-hydrogen) atoms. The Morgan fingerprint density at radius 1 is 1.19 bits per heavy atom. The van der Waals surface area contributed by atoms with Crippen molar-refractivity contribution in [3.63, 3.8) is 0 Å². The summed E-state index contributed by atoms with van der Waals surface area (Å²) in [7, 11) is 0. The second-order valence-electron chi connectivity index (χ2n) is 3.21. The van der Waals surface area contributed by atoms with E-state index in [1.54, 1.807) is 6.08 Å². The van der Waals surface area contributed by atoms with Crippen molar-refractivity contribution in [3.8, 4) is 0 Å². The molecule has 0 radical (unpaired) electrons. The summed E-state index contributed by atoms with van der Waals surface area (Å²) in [4.78, 5) is 10.8. The van der Waals surface area contributed by atoms with Crippen LogP contribution in [-0.2, 0) is 9.53 Å². The highest BCUT2D eigenvalue weighted by Crippen LogP contribution is 2.21. The second kappa shape index (κ2) is 4.94. The van der Waals surface area contributed by atoms with E-state index >= 15 is 0 Å². The number of rotatable bonds is 2. The first-order valence-electron chi connectivity index (χ1n) is 4.78. The van der Waals surface area contributed by atoms with Crippen molar-refractivity contribution in [1.82, 2.24) is 0 Å². The average Bonchev–Trinajstić information content (AvgIpc) is 2.74. The Balaban J connectivity index is 2.14. The molecule has 1 aliphatic rings. The molecule has 0 amide bonds. The number of halogens is 1. The van der Waals surface area contributed by atoms with Gasteiger partial charge in [0.05, 0.1) is 4.48 Å². The van der Waals surface area contributed by atoms with Crippen molar-refractivity contribution in [1.29, 1.82) is 0 Å². The van der Waals surface area contributed by atoms with Gasteiger partial charge in [-0.1, -0.05) is 36.4 Å². The molecular weight excluding hydrogens is 268 g/mol. The summed E-state index contributed by atoms with van der Waals surface area (Å²) in [6, 6.07) is 9.90. The Labute approximate surface area is 102 Å². The highest BCUT2D eigenvalue weighted by Gasteiger charge is 2.11. The molecule has 1 aromatic rings. The molecule has 1 heterocycles. The molecule has 0 N–H and O–H groups in total. The molecular formula is C13H9BrO2. The van der Waals surface area contributed by atoms with Gasteiger partial charge >= 0.3 is 5.97 Å². The van der Waals surface area contributed by atoms with Crippen molar-refractivity contribution >= 4 is 28.0 Å². The topological polar surface area (TPSA) is 26.3 Å². The summed E-state index contributed by atoms with van der Waals surface area (Å²) in [5, 5.41) is 0. The van der Waals surface area contributed by atoms with Crippen LogP contribution in [0.2, 0.25) is 0 Å². The lowest BCUT2D eigenvalue weighted by atomic mass is 10.2. The Kier molecular flexibility index (Phi) is 3.37. The Morgan fingerprint density at radius 2 is 1.94 bits per heavy atom. The van der Waals surface area contributed by atoms with Crippen LogP contribution in [0, 0.1) is 0 Å². The molecule has 2 nitrogen and oxygen atoms in total. The average molecular weight is 277 g/mol. The zero-order chi connectivity index (χ0) is 11.4. The van der Waals surface area contributed by atoms with Crippen molar-refractivity contribution in [3.05, 3.63) is 64.4 Å². The molecule has 0 spiro atoms. The van der Waals surface area contributed by atoms with Crippen LogP contribution >= 0.6 is 15.9 Å². The standard InChI is InChI=1S/C13H9BrO2/c14-11(12-8-9-13(15)16-12)7-6-10-4-2-1-3-5-10/h1-9H/b7-6+,12-11-. The van der Waals surface area contributed by atoms with Gasteiger partial charge < -0.3 is 4.74 Å². The minimum absolute atomic E-state index is 0.333.